The van der Waals surface area contributed by atoms with Crippen LogP contribution >= 0.6 is 0 Å². The summed E-state index contributed by atoms with van der Waals surface area (Å²) in [6.45, 7) is 11.0. The van der Waals surface area contributed by atoms with E-state index in [9.17, 15) is 0 Å². The van der Waals surface area contributed by atoms with Gasteiger partial charge < -0.3 is 11.2 Å². The number of nitrogens with zero attached hydrogens (tertiary/aromatic N) is 1. The number of rotatable bonds is 0. The number of hydrogen-bond donors (Lipinski definition) is 2. The second kappa shape index (κ2) is 4.34. The Morgan fingerprint density at radius 1 is 1.47 bits per heavy atom. The van der Waals surface area contributed by atoms with Gasteiger partial charge in [-0.25, -0.2) is 0 Å². The average molecular weight is 205 g/mol. The Morgan fingerprint density at radius 2 is 2.13 bits per heavy atom. The number of allylic oxidation sites excluding steroid dienone is 2. The molecule has 1 rings (SSSR count). The van der Waals surface area contributed by atoms with E-state index in [1.54, 1.807) is 0 Å². The third-order valence-corrected chi connectivity index (χ3v) is 2.36. The molecule has 0 saturated heterocycles. The van der Waals surface area contributed by atoms with Crippen molar-refractivity contribution in [2.75, 3.05) is 6.54 Å². The van der Waals surface area contributed by atoms with Gasteiger partial charge >= 0.3 is 0 Å². The maximum absolute atomic E-state index is 5.69. The Kier molecular flexibility index (Phi) is 3.35. The van der Waals surface area contributed by atoms with Gasteiger partial charge in [0.05, 0.1) is 6.54 Å². The van der Waals surface area contributed by atoms with E-state index in [-0.39, 0.29) is 5.41 Å². The minimum absolute atomic E-state index is 0.132. The molecule has 1 aliphatic rings. The van der Waals surface area contributed by atoms with Gasteiger partial charge in [-0.2, -0.15) is 5.10 Å². The summed E-state index contributed by atoms with van der Waals surface area (Å²) >= 11 is 0. The molecular weight excluding hydrogens is 186 g/mol. The molecule has 1 aliphatic heterocycles. The lowest BCUT2D eigenvalue weighted by Crippen LogP contribution is -2.23. The molecule has 0 radical (unpaired) electrons. The molecule has 1 heterocycles. The van der Waals surface area contributed by atoms with Crippen LogP contribution in [-0.2, 0) is 0 Å². The molecule has 0 spiro atoms. The first kappa shape index (κ1) is 11.6. The highest BCUT2D eigenvalue weighted by Gasteiger charge is 2.16. The Morgan fingerprint density at radius 3 is 2.73 bits per heavy atom. The Balaban J connectivity index is 2.94. The van der Waals surface area contributed by atoms with Gasteiger partial charge in [0.1, 0.15) is 5.84 Å². The maximum Gasteiger partial charge on any atom is 0.149 e. The molecule has 82 valence electrons. The second-order valence-corrected chi connectivity index (χ2v) is 4.66. The SMILES string of the molecule is C=C1/C=C\C=C(\C(C)(C)C)CNN=C1N. The Bertz CT molecular complexity index is 340. The average Bonchev–Trinajstić information content (AvgIpc) is 2.19. The number of hydrazone groups is 1. The van der Waals surface area contributed by atoms with Gasteiger partial charge in [-0.3, -0.25) is 0 Å². The molecule has 0 atom stereocenters. The molecule has 3 nitrogen and oxygen atoms in total. The molecule has 0 fully saturated rings. The van der Waals surface area contributed by atoms with E-state index in [2.05, 4.69) is 44.0 Å². The lowest BCUT2D eigenvalue weighted by molar-refractivity contribution is 0.482. The summed E-state index contributed by atoms with van der Waals surface area (Å²) in [6.07, 6.45) is 5.93. The van der Waals surface area contributed by atoms with Gasteiger partial charge in [0.2, 0.25) is 0 Å². The topological polar surface area (TPSA) is 50.4 Å². The first-order chi connectivity index (χ1) is 6.91. The van der Waals surface area contributed by atoms with Crippen molar-refractivity contribution in [3.8, 4) is 0 Å². The van der Waals surface area contributed by atoms with Crippen LogP contribution in [0.1, 0.15) is 20.8 Å². The number of nitrogens with one attached hydrogen (secondary N) is 1. The predicted octanol–water partition coefficient (Wildman–Crippen LogP) is 1.95. The molecule has 0 unspecified atom stereocenters. The summed E-state index contributed by atoms with van der Waals surface area (Å²) in [4.78, 5) is 0. The summed E-state index contributed by atoms with van der Waals surface area (Å²) in [5, 5.41) is 4.04. The molecule has 0 saturated carbocycles. The van der Waals surface area contributed by atoms with Gasteiger partial charge in [0.15, 0.2) is 0 Å². The lowest BCUT2D eigenvalue weighted by Gasteiger charge is -2.22. The zero-order valence-corrected chi connectivity index (χ0v) is 9.67. The maximum atomic E-state index is 5.69. The molecule has 0 aromatic rings. The van der Waals surface area contributed by atoms with Crippen molar-refractivity contribution in [1.82, 2.24) is 5.43 Å². The highest BCUT2D eigenvalue weighted by Crippen LogP contribution is 2.24. The highest BCUT2D eigenvalue weighted by molar-refractivity contribution is 5.98. The first-order valence-corrected chi connectivity index (χ1v) is 5.04. The molecule has 0 bridgehead atoms. The van der Waals surface area contributed by atoms with E-state index < -0.39 is 0 Å². The normalized spacial score (nSPS) is 23.8. The zero-order chi connectivity index (χ0) is 11.5. The second-order valence-electron chi connectivity index (χ2n) is 4.66. The number of nitrogens with two attached hydrogens (primary N) is 1. The Labute approximate surface area is 91.4 Å². The van der Waals surface area contributed by atoms with E-state index in [4.69, 9.17) is 5.73 Å². The van der Waals surface area contributed by atoms with Crippen molar-refractivity contribution in [2.45, 2.75) is 20.8 Å². The van der Waals surface area contributed by atoms with Crippen LogP contribution in [0.2, 0.25) is 0 Å². The highest BCUT2D eigenvalue weighted by atomic mass is 15.3. The molecule has 15 heavy (non-hydrogen) atoms. The standard InChI is InChI=1S/C12H19N3/c1-9-6-5-7-10(12(2,3)4)8-14-15-11(9)13/h5-7,14H,1,8H2,2-4H3,(H2,13,15)/b6-5-,10-7+. The van der Waals surface area contributed by atoms with Crippen LogP contribution in [0.15, 0.2) is 41.1 Å². The number of hydrogen-bond acceptors (Lipinski definition) is 3. The van der Waals surface area contributed by atoms with E-state index in [0.717, 1.165) is 5.57 Å². The summed E-state index contributed by atoms with van der Waals surface area (Å²) in [7, 11) is 0. The van der Waals surface area contributed by atoms with E-state index in [0.29, 0.717) is 12.4 Å². The van der Waals surface area contributed by atoms with Crippen LogP contribution in [0.4, 0.5) is 0 Å². The summed E-state index contributed by atoms with van der Waals surface area (Å²) in [5.41, 5.74) is 10.8. The van der Waals surface area contributed by atoms with Gasteiger partial charge in [0, 0.05) is 5.57 Å². The van der Waals surface area contributed by atoms with Crippen molar-refractivity contribution in [3.63, 3.8) is 0 Å². The minimum Gasteiger partial charge on any atom is -0.382 e. The van der Waals surface area contributed by atoms with Crippen molar-refractivity contribution in [1.29, 1.82) is 0 Å². The fourth-order valence-electron chi connectivity index (χ4n) is 1.22. The molecular formula is C12H19N3. The first-order valence-electron chi connectivity index (χ1n) is 5.04. The van der Waals surface area contributed by atoms with Gasteiger partial charge in [0.25, 0.3) is 0 Å². The summed E-state index contributed by atoms with van der Waals surface area (Å²) in [6, 6.07) is 0. The van der Waals surface area contributed by atoms with Crippen molar-refractivity contribution >= 4 is 5.84 Å². The summed E-state index contributed by atoms with van der Waals surface area (Å²) < 4.78 is 0. The third kappa shape index (κ3) is 3.27. The fraction of sp³-hybridized carbons (Fsp3) is 0.417. The van der Waals surface area contributed by atoms with Crippen molar-refractivity contribution in [3.05, 3.63) is 36.0 Å². The van der Waals surface area contributed by atoms with E-state index in [1.165, 1.54) is 5.57 Å². The monoisotopic (exact) mass is 205 g/mol. The van der Waals surface area contributed by atoms with Crippen LogP contribution in [0.5, 0.6) is 0 Å². The van der Waals surface area contributed by atoms with Crippen LogP contribution in [0.3, 0.4) is 0 Å². The molecule has 0 aromatic heterocycles. The zero-order valence-electron chi connectivity index (χ0n) is 9.67. The van der Waals surface area contributed by atoms with E-state index >= 15 is 0 Å². The van der Waals surface area contributed by atoms with Crippen molar-refractivity contribution < 1.29 is 0 Å². The van der Waals surface area contributed by atoms with Gasteiger partial charge in [-0.1, -0.05) is 45.6 Å². The quantitative estimate of drug-likeness (QED) is 0.635. The minimum atomic E-state index is 0.132. The molecule has 3 heteroatoms. The predicted molar refractivity (Wildman–Crippen MR) is 65.4 cm³/mol. The third-order valence-electron chi connectivity index (χ3n) is 2.36. The van der Waals surface area contributed by atoms with E-state index in [1.807, 2.05) is 12.2 Å². The van der Waals surface area contributed by atoms with Crippen LogP contribution in [0, 0.1) is 5.41 Å². The van der Waals surface area contributed by atoms with Crippen molar-refractivity contribution in [2.24, 2.45) is 16.3 Å². The van der Waals surface area contributed by atoms with Crippen LogP contribution in [-0.4, -0.2) is 12.4 Å². The Hall–Kier alpha value is -1.51. The fourth-order valence-corrected chi connectivity index (χ4v) is 1.22. The van der Waals surface area contributed by atoms with Crippen LogP contribution in [0.25, 0.3) is 0 Å². The molecule has 0 aliphatic carbocycles. The molecule has 0 aromatic carbocycles. The molecule has 3 N–H and O–H groups in total. The number of amidine groups is 1. The lowest BCUT2D eigenvalue weighted by atomic mass is 9.86. The van der Waals surface area contributed by atoms with Gasteiger partial charge in [-0.05, 0) is 11.0 Å². The molecule has 0 amide bonds. The largest absolute Gasteiger partial charge is 0.382 e. The smallest absolute Gasteiger partial charge is 0.149 e. The van der Waals surface area contributed by atoms with Gasteiger partial charge in [-0.15, -0.1) is 0 Å². The summed E-state index contributed by atoms with van der Waals surface area (Å²) in [5.74, 6) is 0.440. The van der Waals surface area contributed by atoms with Crippen LogP contribution < -0.4 is 11.2 Å².